The number of benzene rings is 1. The first-order valence-corrected chi connectivity index (χ1v) is 9.57. The lowest BCUT2D eigenvalue weighted by molar-refractivity contribution is -0.121. The Morgan fingerprint density at radius 1 is 1.08 bits per heavy atom. The summed E-state index contributed by atoms with van der Waals surface area (Å²) in [4.78, 5) is 26.6. The Balaban J connectivity index is 0.00000243. The number of hydrogen-bond donors (Lipinski definition) is 2. The number of hydrogen-bond acceptors (Lipinski definition) is 4. The number of fused-ring (bicyclic) bond motifs is 1. The lowest BCUT2D eigenvalue weighted by atomic mass is 10.0. The van der Waals surface area contributed by atoms with Crippen molar-refractivity contribution in [2.24, 2.45) is 0 Å². The molecule has 5 nitrogen and oxygen atoms in total. The highest BCUT2D eigenvalue weighted by Crippen LogP contribution is 2.23. The minimum Gasteiger partial charge on any atom is -0.356 e. The van der Waals surface area contributed by atoms with Crippen molar-refractivity contribution < 1.29 is 9.59 Å². The number of carbonyl (C=O) groups is 2. The average molecular weight is 380 g/mol. The smallest absolute Gasteiger partial charge is 0.220 e. The number of piperazine rings is 1. The van der Waals surface area contributed by atoms with E-state index in [1.807, 2.05) is 12.1 Å². The molecule has 144 valence electrons. The zero-order chi connectivity index (χ0) is 17.5. The van der Waals surface area contributed by atoms with Gasteiger partial charge in [0.2, 0.25) is 5.91 Å². The van der Waals surface area contributed by atoms with E-state index in [9.17, 15) is 9.59 Å². The van der Waals surface area contributed by atoms with E-state index in [-0.39, 0.29) is 30.5 Å². The number of halogens is 1. The van der Waals surface area contributed by atoms with E-state index < -0.39 is 0 Å². The maximum atomic E-state index is 12.3. The van der Waals surface area contributed by atoms with Crippen LogP contribution in [0.1, 0.15) is 47.2 Å². The first-order chi connectivity index (χ1) is 12.2. The van der Waals surface area contributed by atoms with Gasteiger partial charge in [-0.2, -0.15) is 0 Å². The Morgan fingerprint density at radius 2 is 1.85 bits per heavy atom. The lowest BCUT2D eigenvalue weighted by Crippen LogP contribution is -2.44. The van der Waals surface area contributed by atoms with Crippen molar-refractivity contribution in [1.29, 1.82) is 0 Å². The highest BCUT2D eigenvalue weighted by atomic mass is 35.5. The highest BCUT2D eigenvalue weighted by molar-refractivity contribution is 5.98. The zero-order valence-electron chi connectivity index (χ0n) is 15.4. The first-order valence-electron chi connectivity index (χ1n) is 9.57. The van der Waals surface area contributed by atoms with Crippen LogP contribution < -0.4 is 10.6 Å². The Morgan fingerprint density at radius 3 is 2.65 bits per heavy atom. The zero-order valence-corrected chi connectivity index (χ0v) is 16.2. The minimum absolute atomic E-state index is 0. The Bertz CT molecular complexity index is 615. The van der Waals surface area contributed by atoms with Crippen LogP contribution in [0.5, 0.6) is 0 Å². The number of ketones is 1. The van der Waals surface area contributed by atoms with Crippen LogP contribution in [-0.2, 0) is 17.6 Å². The summed E-state index contributed by atoms with van der Waals surface area (Å²) < 4.78 is 0. The molecule has 2 aliphatic rings. The third-order valence-electron chi connectivity index (χ3n) is 5.18. The summed E-state index contributed by atoms with van der Waals surface area (Å²) in [6.45, 7) is 5.99. The summed E-state index contributed by atoms with van der Waals surface area (Å²) >= 11 is 0. The fourth-order valence-electron chi connectivity index (χ4n) is 3.67. The fraction of sp³-hybridized carbons (Fsp3) is 0.600. The van der Waals surface area contributed by atoms with Gasteiger partial charge in [0.15, 0.2) is 5.78 Å². The van der Waals surface area contributed by atoms with E-state index in [0.717, 1.165) is 57.5 Å². The van der Waals surface area contributed by atoms with Crippen molar-refractivity contribution in [3.05, 3.63) is 34.9 Å². The monoisotopic (exact) mass is 379 g/mol. The van der Waals surface area contributed by atoms with Crippen LogP contribution in [0.15, 0.2) is 18.2 Å². The molecule has 1 saturated heterocycles. The van der Waals surface area contributed by atoms with Gasteiger partial charge in [0, 0.05) is 51.1 Å². The minimum atomic E-state index is -0.0187. The molecule has 1 amide bonds. The molecule has 26 heavy (non-hydrogen) atoms. The summed E-state index contributed by atoms with van der Waals surface area (Å²) in [6.07, 6.45) is 4.92. The third kappa shape index (κ3) is 6.08. The van der Waals surface area contributed by atoms with E-state index in [1.54, 1.807) is 0 Å². The Kier molecular flexibility index (Phi) is 8.55. The van der Waals surface area contributed by atoms with Crippen molar-refractivity contribution in [1.82, 2.24) is 15.5 Å². The Labute approximate surface area is 162 Å². The van der Waals surface area contributed by atoms with Crippen LogP contribution in [0.3, 0.4) is 0 Å². The lowest BCUT2D eigenvalue weighted by Gasteiger charge is -2.27. The van der Waals surface area contributed by atoms with Crippen LogP contribution >= 0.6 is 12.4 Å². The summed E-state index contributed by atoms with van der Waals surface area (Å²) in [5.41, 5.74) is 3.44. The highest BCUT2D eigenvalue weighted by Gasteiger charge is 2.15. The fourth-order valence-corrected chi connectivity index (χ4v) is 3.67. The van der Waals surface area contributed by atoms with E-state index in [4.69, 9.17) is 0 Å². The van der Waals surface area contributed by atoms with E-state index in [1.165, 1.54) is 17.5 Å². The molecule has 1 aromatic rings. The maximum absolute atomic E-state index is 12.3. The topological polar surface area (TPSA) is 61.4 Å². The first kappa shape index (κ1) is 20.9. The molecule has 1 fully saturated rings. The van der Waals surface area contributed by atoms with Crippen molar-refractivity contribution >= 4 is 24.1 Å². The van der Waals surface area contributed by atoms with E-state index in [2.05, 4.69) is 21.6 Å². The van der Waals surface area contributed by atoms with Crippen molar-refractivity contribution in [2.45, 2.75) is 38.5 Å². The molecule has 0 spiro atoms. The maximum Gasteiger partial charge on any atom is 0.220 e. The second-order valence-electron chi connectivity index (χ2n) is 7.06. The molecule has 1 aliphatic carbocycles. The summed E-state index contributed by atoms with van der Waals surface area (Å²) in [6, 6.07) is 6.01. The number of Topliss-reactive ketones (excluding diaryl/α,β-unsaturated/α-hetero) is 1. The van der Waals surface area contributed by atoms with Gasteiger partial charge >= 0.3 is 0 Å². The number of rotatable bonds is 8. The van der Waals surface area contributed by atoms with Crippen molar-refractivity contribution in [2.75, 3.05) is 39.3 Å². The number of nitrogens with one attached hydrogen (secondary N) is 2. The van der Waals surface area contributed by atoms with Gasteiger partial charge in [-0.1, -0.05) is 12.1 Å². The van der Waals surface area contributed by atoms with E-state index in [0.29, 0.717) is 13.0 Å². The number of carbonyl (C=O) groups excluding carboxylic acids is 2. The van der Waals surface area contributed by atoms with Crippen LogP contribution in [0.2, 0.25) is 0 Å². The van der Waals surface area contributed by atoms with Gasteiger partial charge in [-0.05, 0) is 49.4 Å². The quantitative estimate of drug-likeness (QED) is 0.535. The molecule has 0 bridgehead atoms. The van der Waals surface area contributed by atoms with Gasteiger partial charge in [-0.3, -0.25) is 9.59 Å². The van der Waals surface area contributed by atoms with Crippen LogP contribution in [-0.4, -0.2) is 55.9 Å². The summed E-state index contributed by atoms with van der Waals surface area (Å²) in [5.74, 6) is 0.0560. The van der Waals surface area contributed by atoms with Gasteiger partial charge in [-0.15, -0.1) is 12.4 Å². The van der Waals surface area contributed by atoms with Gasteiger partial charge in [0.25, 0.3) is 0 Å². The molecular weight excluding hydrogens is 350 g/mol. The van der Waals surface area contributed by atoms with Crippen LogP contribution in [0.4, 0.5) is 0 Å². The number of nitrogens with zero attached hydrogens (tertiary/aromatic N) is 1. The second-order valence-corrected chi connectivity index (χ2v) is 7.06. The molecule has 6 heteroatoms. The van der Waals surface area contributed by atoms with Crippen molar-refractivity contribution in [3.8, 4) is 0 Å². The number of aryl methyl sites for hydroxylation is 2. The molecule has 0 atom stereocenters. The van der Waals surface area contributed by atoms with Gasteiger partial charge in [-0.25, -0.2) is 0 Å². The second kappa shape index (κ2) is 10.7. The van der Waals surface area contributed by atoms with Gasteiger partial charge in [0.1, 0.15) is 0 Å². The molecule has 1 aromatic carbocycles. The molecule has 2 N–H and O–H groups in total. The molecule has 0 aromatic heterocycles. The normalized spacial score (nSPS) is 16.6. The van der Waals surface area contributed by atoms with Crippen molar-refractivity contribution in [3.63, 3.8) is 0 Å². The van der Waals surface area contributed by atoms with E-state index >= 15 is 0 Å². The molecule has 3 rings (SSSR count). The largest absolute Gasteiger partial charge is 0.356 e. The predicted octanol–water partition coefficient (Wildman–Crippen LogP) is 1.97. The predicted molar refractivity (Wildman–Crippen MR) is 106 cm³/mol. The molecule has 1 aliphatic heterocycles. The van der Waals surface area contributed by atoms with Gasteiger partial charge < -0.3 is 15.5 Å². The summed E-state index contributed by atoms with van der Waals surface area (Å²) in [5, 5.41) is 6.27. The molecule has 0 saturated carbocycles. The SMILES string of the molecule is Cl.O=C(CCC(=O)c1ccc2c(c1)CCC2)NCCCN1CCNCC1. The van der Waals surface area contributed by atoms with Crippen LogP contribution in [0, 0.1) is 0 Å². The molecule has 0 unspecified atom stereocenters. The van der Waals surface area contributed by atoms with Crippen LogP contribution in [0.25, 0.3) is 0 Å². The molecule has 0 radical (unpaired) electrons. The van der Waals surface area contributed by atoms with Gasteiger partial charge in [0.05, 0.1) is 0 Å². The molecule has 1 heterocycles. The average Bonchev–Trinajstić information content (AvgIpc) is 3.12. The Hall–Kier alpha value is -1.43. The number of amides is 1. The molecular formula is C20H30ClN3O2. The summed E-state index contributed by atoms with van der Waals surface area (Å²) in [7, 11) is 0. The third-order valence-corrected chi connectivity index (χ3v) is 5.18. The standard InChI is InChI=1S/C20H29N3O2.ClH/c24-19(18-6-5-16-3-1-4-17(16)15-18)7-8-20(25)22-9-2-12-23-13-10-21-11-14-23;/h5-6,15,21H,1-4,7-14H2,(H,22,25);1H.